The van der Waals surface area contributed by atoms with E-state index in [1.807, 2.05) is 36.4 Å². The van der Waals surface area contributed by atoms with E-state index in [1.54, 1.807) is 25.3 Å². The molecule has 1 saturated heterocycles. The topological polar surface area (TPSA) is 76.1 Å². The molecular formula is C22H21NO5S2. The van der Waals surface area contributed by atoms with Gasteiger partial charge < -0.3 is 14.6 Å². The molecule has 1 N–H and O–H groups in total. The first-order valence-electron chi connectivity index (χ1n) is 9.30. The summed E-state index contributed by atoms with van der Waals surface area (Å²) in [5.74, 6) is 0.0766. The van der Waals surface area contributed by atoms with E-state index in [4.69, 9.17) is 26.8 Å². The highest BCUT2D eigenvalue weighted by molar-refractivity contribution is 8.26. The van der Waals surface area contributed by atoms with Gasteiger partial charge in [-0.3, -0.25) is 14.5 Å². The highest BCUT2D eigenvalue weighted by atomic mass is 32.2. The molecule has 1 heterocycles. The Morgan fingerprint density at radius 2 is 1.97 bits per heavy atom. The van der Waals surface area contributed by atoms with Crippen molar-refractivity contribution in [3.05, 3.63) is 64.6 Å². The molecule has 0 spiro atoms. The maximum Gasteiger partial charge on any atom is 0.303 e. The molecule has 30 heavy (non-hydrogen) atoms. The summed E-state index contributed by atoms with van der Waals surface area (Å²) in [5, 5.41) is 8.77. The van der Waals surface area contributed by atoms with Crippen LogP contribution in [0.2, 0.25) is 0 Å². The molecule has 0 aliphatic carbocycles. The van der Waals surface area contributed by atoms with E-state index in [2.05, 4.69) is 0 Å². The molecular weight excluding hydrogens is 422 g/mol. The fourth-order valence-electron chi connectivity index (χ4n) is 2.86. The van der Waals surface area contributed by atoms with Crippen LogP contribution in [0, 0.1) is 0 Å². The molecule has 0 aromatic heterocycles. The maximum atomic E-state index is 12.6. The third-order valence-electron chi connectivity index (χ3n) is 4.37. The number of carboxylic acids is 1. The minimum absolute atomic E-state index is 0.00223. The first kappa shape index (κ1) is 21.9. The fraction of sp³-hybridized carbons (Fsp3) is 0.227. The van der Waals surface area contributed by atoms with E-state index in [1.165, 1.54) is 16.7 Å². The minimum Gasteiger partial charge on any atom is -0.493 e. The zero-order valence-electron chi connectivity index (χ0n) is 16.4. The van der Waals surface area contributed by atoms with E-state index < -0.39 is 5.97 Å². The van der Waals surface area contributed by atoms with Gasteiger partial charge in [-0.05, 0) is 35.8 Å². The number of benzene rings is 2. The summed E-state index contributed by atoms with van der Waals surface area (Å²) in [4.78, 5) is 25.2. The summed E-state index contributed by atoms with van der Waals surface area (Å²) in [6, 6.07) is 15.3. The van der Waals surface area contributed by atoms with Crippen molar-refractivity contribution < 1.29 is 24.2 Å². The number of aliphatic carboxylic acids is 1. The molecule has 1 aliphatic rings. The van der Waals surface area contributed by atoms with Crippen molar-refractivity contribution in [1.82, 2.24) is 4.90 Å². The lowest BCUT2D eigenvalue weighted by atomic mass is 10.1. The van der Waals surface area contributed by atoms with Crippen molar-refractivity contribution in [2.24, 2.45) is 0 Å². The normalized spacial score (nSPS) is 15.0. The van der Waals surface area contributed by atoms with Crippen LogP contribution in [0.25, 0.3) is 6.08 Å². The zero-order chi connectivity index (χ0) is 21.5. The van der Waals surface area contributed by atoms with E-state index in [-0.39, 0.29) is 12.3 Å². The predicted octanol–water partition coefficient (Wildman–Crippen LogP) is 4.34. The number of thioether (sulfide) groups is 1. The second kappa shape index (κ2) is 10.3. The van der Waals surface area contributed by atoms with Gasteiger partial charge in [-0.2, -0.15) is 0 Å². The van der Waals surface area contributed by atoms with Gasteiger partial charge in [0, 0.05) is 13.0 Å². The maximum absolute atomic E-state index is 12.6. The fourth-order valence-corrected chi connectivity index (χ4v) is 4.17. The van der Waals surface area contributed by atoms with Crippen LogP contribution >= 0.6 is 24.0 Å². The molecule has 1 amide bonds. The van der Waals surface area contributed by atoms with E-state index >= 15 is 0 Å². The van der Waals surface area contributed by atoms with E-state index in [9.17, 15) is 9.59 Å². The van der Waals surface area contributed by atoms with Crippen molar-refractivity contribution in [1.29, 1.82) is 0 Å². The third-order valence-corrected chi connectivity index (χ3v) is 5.75. The molecule has 8 heteroatoms. The number of carbonyl (C=O) groups excluding carboxylic acids is 1. The predicted molar refractivity (Wildman–Crippen MR) is 121 cm³/mol. The second-order valence-corrected chi connectivity index (χ2v) is 8.19. The molecule has 6 nitrogen and oxygen atoms in total. The number of hydrogen-bond donors (Lipinski definition) is 1. The smallest absolute Gasteiger partial charge is 0.303 e. The molecule has 1 fully saturated rings. The summed E-state index contributed by atoms with van der Waals surface area (Å²) in [7, 11) is 1.57. The lowest BCUT2D eigenvalue weighted by Gasteiger charge is -2.13. The molecule has 156 valence electrons. The molecule has 0 saturated carbocycles. The summed E-state index contributed by atoms with van der Waals surface area (Å²) < 4.78 is 11.7. The van der Waals surface area contributed by atoms with Gasteiger partial charge in [0.05, 0.1) is 12.0 Å². The standard InChI is InChI=1S/C22H21NO5S2/c1-27-18-12-16(9-10-17(18)28-14-15-6-3-2-4-7-15)13-19-21(26)23(22(29)30-19)11-5-8-20(24)25/h2-4,6-7,9-10,12-13H,5,8,11,14H2,1H3,(H,24,25). The van der Waals surface area contributed by atoms with E-state index in [0.29, 0.717) is 40.3 Å². The van der Waals surface area contributed by atoms with Crippen LogP contribution in [0.1, 0.15) is 24.0 Å². The van der Waals surface area contributed by atoms with Gasteiger partial charge in [-0.1, -0.05) is 60.4 Å². The summed E-state index contributed by atoms with van der Waals surface area (Å²) >= 11 is 6.49. The Kier molecular flexibility index (Phi) is 7.48. The average Bonchev–Trinajstić information content (AvgIpc) is 3.00. The van der Waals surface area contributed by atoms with Crippen molar-refractivity contribution >= 4 is 46.3 Å². The van der Waals surface area contributed by atoms with Crippen molar-refractivity contribution in [3.63, 3.8) is 0 Å². The number of ether oxygens (including phenoxy) is 2. The van der Waals surface area contributed by atoms with Crippen LogP contribution in [-0.4, -0.2) is 39.9 Å². The van der Waals surface area contributed by atoms with Gasteiger partial charge in [0.1, 0.15) is 10.9 Å². The minimum atomic E-state index is -0.891. The Labute approximate surface area is 184 Å². The Hall–Kier alpha value is -2.84. The number of carboxylic acid groups (broad SMARTS) is 1. The monoisotopic (exact) mass is 443 g/mol. The van der Waals surface area contributed by atoms with Gasteiger partial charge >= 0.3 is 5.97 Å². The SMILES string of the molecule is COc1cc(C=C2SC(=S)N(CCCC(=O)O)C2=O)ccc1OCc1ccccc1. The van der Waals surface area contributed by atoms with Gasteiger partial charge in [0.2, 0.25) is 0 Å². The molecule has 0 radical (unpaired) electrons. The Morgan fingerprint density at radius 3 is 2.67 bits per heavy atom. The molecule has 0 bridgehead atoms. The zero-order valence-corrected chi connectivity index (χ0v) is 18.0. The number of rotatable bonds is 9. The lowest BCUT2D eigenvalue weighted by Crippen LogP contribution is -2.29. The first-order valence-corrected chi connectivity index (χ1v) is 10.5. The summed E-state index contributed by atoms with van der Waals surface area (Å²) in [6.07, 6.45) is 2.11. The number of nitrogens with zero attached hydrogens (tertiary/aromatic N) is 1. The first-order chi connectivity index (χ1) is 14.5. The second-order valence-electron chi connectivity index (χ2n) is 6.52. The van der Waals surface area contributed by atoms with Crippen LogP contribution < -0.4 is 9.47 Å². The summed E-state index contributed by atoms with van der Waals surface area (Å²) in [5.41, 5.74) is 1.83. The van der Waals surface area contributed by atoms with Gasteiger partial charge in [-0.15, -0.1) is 0 Å². The molecule has 0 atom stereocenters. The van der Waals surface area contributed by atoms with E-state index in [0.717, 1.165) is 11.1 Å². The number of hydrogen-bond acceptors (Lipinski definition) is 6. The molecule has 0 unspecified atom stereocenters. The quantitative estimate of drug-likeness (QED) is 0.456. The number of thiocarbonyl (C=S) groups is 1. The lowest BCUT2D eigenvalue weighted by molar-refractivity contribution is -0.137. The Balaban J connectivity index is 1.69. The van der Waals surface area contributed by atoms with Gasteiger partial charge in [0.25, 0.3) is 5.91 Å². The molecule has 3 rings (SSSR count). The highest BCUT2D eigenvalue weighted by Crippen LogP contribution is 2.35. The molecule has 2 aromatic carbocycles. The van der Waals surface area contributed by atoms with Gasteiger partial charge in [0.15, 0.2) is 11.5 Å². The number of amides is 1. The average molecular weight is 444 g/mol. The Morgan fingerprint density at radius 1 is 1.20 bits per heavy atom. The highest BCUT2D eigenvalue weighted by Gasteiger charge is 2.31. The Bertz CT molecular complexity index is 975. The van der Waals surface area contributed by atoms with Crippen LogP contribution in [0.5, 0.6) is 11.5 Å². The van der Waals surface area contributed by atoms with Crippen molar-refractivity contribution in [2.75, 3.05) is 13.7 Å². The van der Waals surface area contributed by atoms with Gasteiger partial charge in [-0.25, -0.2) is 0 Å². The summed E-state index contributed by atoms with van der Waals surface area (Å²) in [6.45, 7) is 0.718. The van der Waals surface area contributed by atoms with Crippen molar-refractivity contribution in [3.8, 4) is 11.5 Å². The number of methoxy groups -OCH3 is 1. The largest absolute Gasteiger partial charge is 0.493 e. The van der Waals surface area contributed by atoms with Crippen LogP contribution in [-0.2, 0) is 16.2 Å². The molecule has 2 aromatic rings. The number of carbonyl (C=O) groups is 2. The van der Waals surface area contributed by atoms with Crippen LogP contribution in [0.3, 0.4) is 0 Å². The van der Waals surface area contributed by atoms with Crippen LogP contribution in [0.4, 0.5) is 0 Å². The van der Waals surface area contributed by atoms with Crippen LogP contribution in [0.15, 0.2) is 53.4 Å². The van der Waals surface area contributed by atoms with Crippen molar-refractivity contribution in [2.45, 2.75) is 19.4 Å². The molecule has 1 aliphatic heterocycles. The third kappa shape index (κ3) is 5.61.